The molecule has 1 aliphatic rings. The van der Waals surface area contributed by atoms with Crippen molar-refractivity contribution in [2.75, 3.05) is 0 Å². The largest absolute Gasteiger partial charge is 0.484 e. The van der Waals surface area contributed by atoms with E-state index in [2.05, 4.69) is 23.3 Å². The van der Waals surface area contributed by atoms with Crippen LogP contribution in [0.5, 0.6) is 0 Å². The van der Waals surface area contributed by atoms with Crippen LogP contribution >= 0.6 is 24.8 Å². The van der Waals surface area contributed by atoms with E-state index in [1.807, 2.05) is 30.5 Å². The van der Waals surface area contributed by atoms with E-state index >= 15 is 0 Å². The van der Waals surface area contributed by atoms with Gasteiger partial charge in [0.15, 0.2) is 0 Å². The number of allylic oxidation sites excluding steroid dienone is 4. The van der Waals surface area contributed by atoms with Gasteiger partial charge >= 0.3 is 0 Å². The molecule has 0 radical (unpaired) electrons. The Balaban J connectivity index is -0.0000000128. The molecular weight excluding hydrogens is 301 g/mol. The Bertz CT molecular complexity index is 182. The summed E-state index contributed by atoms with van der Waals surface area (Å²) in [7, 11) is 0. The molecule has 1 N–H and O–H groups in total. The number of hydrogen-bond acceptors (Lipinski definition) is 0. The topological polar surface area (TPSA) is 15.8 Å². The molecule has 0 atom stereocenters. The Kier molecular flexibility index (Phi) is 125. The molecule has 0 aromatic carbocycles. The van der Waals surface area contributed by atoms with Crippen molar-refractivity contribution in [3.05, 3.63) is 86.0 Å². The van der Waals surface area contributed by atoms with Gasteiger partial charge in [0.25, 0.3) is 0 Å². The van der Waals surface area contributed by atoms with Crippen molar-refractivity contribution in [1.29, 1.82) is 0 Å². The Morgan fingerprint density at radius 3 is 1.61 bits per heavy atom. The summed E-state index contributed by atoms with van der Waals surface area (Å²) in [6, 6.07) is 3.71. The van der Waals surface area contributed by atoms with Gasteiger partial charge in [0.05, 0.1) is 0 Å². The number of rotatable bonds is 0. The first kappa shape index (κ1) is 51.9. The molecule has 1 aromatic rings. The van der Waals surface area contributed by atoms with Gasteiger partial charge in [-0.15, -0.1) is 37.4 Å². The summed E-state index contributed by atoms with van der Waals surface area (Å²) in [6.07, 6.45) is 14.6. The first-order chi connectivity index (χ1) is 5.00. The van der Waals surface area contributed by atoms with Gasteiger partial charge in [0, 0.05) is 21.7 Å². The third kappa shape index (κ3) is 36.0. The number of H-pyrrole nitrogens is 1. The molecule has 0 bridgehead atoms. The summed E-state index contributed by atoms with van der Waals surface area (Å²) >= 11 is 0. The smallest absolute Gasteiger partial charge is 0 e. The van der Waals surface area contributed by atoms with Crippen molar-refractivity contribution in [3.63, 3.8) is 0 Å². The summed E-state index contributed by atoms with van der Waals surface area (Å²) < 4.78 is 0. The zero-order valence-electron chi connectivity index (χ0n) is 12.0. The van der Waals surface area contributed by atoms with Crippen LogP contribution in [0.2, 0.25) is 0 Å². The molecule has 4 heteroatoms. The van der Waals surface area contributed by atoms with Crippen LogP contribution in [0.15, 0.2) is 36.6 Å². The van der Waals surface area contributed by atoms with Gasteiger partial charge in [-0.05, 0) is 0 Å². The maximum Gasteiger partial charge on any atom is 0 e. The molecule has 2 rings (SSSR count). The Hall–Kier alpha value is 0.0543. The fourth-order valence-corrected chi connectivity index (χ4v) is 0.581. The van der Waals surface area contributed by atoms with Crippen molar-refractivity contribution < 1.29 is 21.7 Å². The van der Waals surface area contributed by atoms with Crippen LogP contribution < -0.4 is 0 Å². The zero-order valence-corrected chi connectivity index (χ0v) is 15.2. The van der Waals surface area contributed by atoms with Crippen LogP contribution in [0.1, 0.15) is 6.42 Å². The Labute approximate surface area is 143 Å². The van der Waals surface area contributed by atoms with E-state index in [4.69, 9.17) is 0 Å². The van der Waals surface area contributed by atoms with Crippen LogP contribution in [0.3, 0.4) is 0 Å². The minimum atomic E-state index is 0. The molecular formula is C14H26Cl2NTi-7. The van der Waals surface area contributed by atoms with Crippen molar-refractivity contribution in [2.45, 2.75) is 6.42 Å². The van der Waals surface area contributed by atoms with Crippen molar-refractivity contribution in [1.82, 2.24) is 4.98 Å². The summed E-state index contributed by atoms with van der Waals surface area (Å²) in [5, 5.41) is 0. The van der Waals surface area contributed by atoms with Crippen molar-refractivity contribution in [2.24, 2.45) is 0 Å². The fourth-order valence-electron chi connectivity index (χ4n) is 0.581. The average molecular weight is 327 g/mol. The SMILES string of the molecule is Cl.Cl.[C-]1=CC=CC1.[CH3-].[CH3-].[CH3-].[CH3-].[CH3-].[Ti].[c-]1ccc[nH]1. The van der Waals surface area contributed by atoms with Gasteiger partial charge in [0.2, 0.25) is 0 Å². The van der Waals surface area contributed by atoms with Crippen molar-refractivity contribution >= 4 is 24.8 Å². The minimum absolute atomic E-state index is 0. The standard InChI is InChI=1S/C5H5.C4H4N.5CH3.2ClH.Ti/c2*1-2-4-5-3-1;;;;;;;;/h1-3H,4H2;1-3,5H;5*1H3;2*1H;/q7*-1;;;. The zero-order chi connectivity index (χ0) is 7.07. The summed E-state index contributed by atoms with van der Waals surface area (Å²) in [5.41, 5.74) is 0. The Morgan fingerprint density at radius 2 is 1.50 bits per heavy atom. The molecule has 0 unspecified atom stereocenters. The number of nitrogens with one attached hydrogen (secondary N) is 1. The molecule has 1 aromatic heterocycles. The molecule has 0 spiro atoms. The predicted molar refractivity (Wildman–Crippen MR) is 87.8 cm³/mol. The molecule has 1 heterocycles. The first-order valence-corrected chi connectivity index (χ1v) is 3.21. The van der Waals surface area contributed by atoms with E-state index in [0.29, 0.717) is 0 Å². The van der Waals surface area contributed by atoms with Gasteiger partial charge in [-0.2, -0.15) is 24.4 Å². The number of aromatic amines is 1. The van der Waals surface area contributed by atoms with Crippen molar-refractivity contribution in [3.8, 4) is 0 Å². The third-order valence-corrected chi connectivity index (χ3v) is 1.03. The fraction of sp³-hybridized carbons (Fsp3) is 0.0714. The molecule has 0 amide bonds. The van der Waals surface area contributed by atoms with E-state index in [1.165, 1.54) is 0 Å². The van der Waals surface area contributed by atoms with E-state index in [1.54, 1.807) is 0 Å². The molecule has 0 fully saturated rings. The van der Waals surface area contributed by atoms with Gasteiger partial charge in [0.1, 0.15) is 0 Å². The maximum atomic E-state index is 2.99. The second-order valence-electron chi connectivity index (χ2n) is 1.82. The van der Waals surface area contributed by atoms with Crippen LogP contribution in [0.25, 0.3) is 0 Å². The molecule has 0 aliphatic heterocycles. The van der Waals surface area contributed by atoms with Gasteiger partial charge in [-0.3, -0.25) is 6.08 Å². The van der Waals surface area contributed by atoms with E-state index in [9.17, 15) is 0 Å². The van der Waals surface area contributed by atoms with Gasteiger partial charge in [-0.25, -0.2) is 12.2 Å². The van der Waals surface area contributed by atoms with Crippen LogP contribution in [0, 0.1) is 49.4 Å². The quantitative estimate of drug-likeness (QED) is 0.497. The van der Waals surface area contributed by atoms with Gasteiger partial charge < -0.3 is 42.1 Å². The molecule has 1 nitrogen and oxygen atoms in total. The monoisotopic (exact) mass is 326 g/mol. The van der Waals surface area contributed by atoms with E-state index in [-0.39, 0.29) is 83.7 Å². The first-order valence-electron chi connectivity index (χ1n) is 3.21. The Morgan fingerprint density at radius 1 is 0.944 bits per heavy atom. The number of aromatic nitrogens is 1. The molecule has 112 valence electrons. The molecule has 0 saturated heterocycles. The second kappa shape index (κ2) is 43.5. The predicted octanol–water partition coefficient (Wildman–Crippen LogP) is 5.21. The summed E-state index contributed by atoms with van der Waals surface area (Å²) in [6.45, 7) is 0. The van der Waals surface area contributed by atoms with E-state index in [0.717, 1.165) is 6.42 Å². The molecule has 18 heavy (non-hydrogen) atoms. The third-order valence-electron chi connectivity index (χ3n) is 1.03. The molecule has 0 saturated carbocycles. The summed E-state index contributed by atoms with van der Waals surface area (Å²) in [4.78, 5) is 2.74. The maximum absolute atomic E-state index is 2.99. The average Bonchev–Trinajstić information content (AvgIpc) is 2.67. The van der Waals surface area contributed by atoms with Gasteiger partial charge in [-0.1, -0.05) is 0 Å². The molecule has 1 aliphatic carbocycles. The van der Waals surface area contributed by atoms with Crippen LogP contribution in [0.4, 0.5) is 0 Å². The van der Waals surface area contributed by atoms with Crippen LogP contribution in [-0.2, 0) is 21.7 Å². The minimum Gasteiger partial charge on any atom is -0.484 e. The van der Waals surface area contributed by atoms with E-state index < -0.39 is 0 Å². The number of hydrogen-bond donors (Lipinski definition) is 1. The number of halogens is 2. The second-order valence-corrected chi connectivity index (χ2v) is 1.82. The summed E-state index contributed by atoms with van der Waals surface area (Å²) in [5.74, 6) is 0. The van der Waals surface area contributed by atoms with Crippen LogP contribution in [-0.4, -0.2) is 4.98 Å². The normalized spacial score (nSPS) is 7.11.